The van der Waals surface area contributed by atoms with Crippen molar-refractivity contribution in [3.05, 3.63) is 59.2 Å². The largest absolute Gasteiger partial charge is 0.463 e. The van der Waals surface area contributed by atoms with Crippen molar-refractivity contribution in [1.82, 2.24) is 4.90 Å². The number of unbranched alkanes of at least 4 members (excludes halogenated alkanes) is 4. The van der Waals surface area contributed by atoms with E-state index in [1.807, 2.05) is 50.2 Å². The Morgan fingerprint density at radius 2 is 1.72 bits per heavy atom. The fourth-order valence-corrected chi connectivity index (χ4v) is 8.11. The van der Waals surface area contributed by atoms with Gasteiger partial charge in [-0.1, -0.05) is 43.9 Å². The van der Waals surface area contributed by atoms with E-state index in [9.17, 15) is 13.2 Å². The summed E-state index contributed by atoms with van der Waals surface area (Å²) >= 11 is 0. The monoisotopic (exact) mass is 613 g/mol. The van der Waals surface area contributed by atoms with Crippen LogP contribution < -0.4 is 4.74 Å². The van der Waals surface area contributed by atoms with Crippen LogP contribution in [0.25, 0.3) is 0 Å². The van der Waals surface area contributed by atoms with Crippen molar-refractivity contribution in [2.75, 3.05) is 26.3 Å². The lowest BCUT2D eigenvalue weighted by atomic mass is 10.0. The van der Waals surface area contributed by atoms with Gasteiger partial charge in [0.15, 0.2) is 9.84 Å². The number of carbonyl (C=O) groups excluding carboxylic acids is 1. The van der Waals surface area contributed by atoms with Crippen LogP contribution in [0.2, 0.25) is 0 Å². The third-order valence-corrected chi connectivity index (χ3v) is 11.0. The first-order valence-electron chi connectivity index (χ1n) is 16.0. The Morgan fingerprint density at radius 1 is 0.953 bits per heavy atom. The van der Waals surface area contributed by atoms with Crippen LogP contribution in [0.15, 0.2) is 47.4 Å². The molecule has 0 aromatic heterocycles. The Hall–Kier alpha value is -2.62. The predicted molar refractivity (Wildman–Crippen MR) is 165 cm³/mol. The molecule has 9 heteroatoms. The second-order valence-electron chi connectivity index (χ2n) is 12.6. The van der Waals surface area contributed by atoms with E-state index in [4.69, 9.17) is 18.9 Å². The summed E-state index contributed by atoms with van der Waals surface area (Å²) in [6, 6.07) is 13.5. The normalized spacial score (nSPS) is 20.2. The highest BCUT2D eigenvalue weighted by atomic mass is 32.2. The summed E-state index contributed by atoms with van der Waals surface area (Å²) in [5, 5.41) is -0.203. The van der Waals surface area contributed by atoms with Crippen molar-refractivity contribution < 1.29 is 32.2 Å². The van der Waals surface area contributed by atoms with Gasteiger partial charge in [-0.15, -0.1) is 0 Å². The van der Waals surface area contributed by atoms with Crippen molar-refractivity contribution in [2.45, 2.75) is 113 Å². The van der Waals surface area contributed by atoms with Gasteiger partial charge in [-0.25, -0.2) is 13.2 Å². The van der Waals surface area contributed by atoms with Crippen LogP contribution in [-0.4, -0.2) is 56.8 Å². The second kappa shape index (κ2) is 14.4. The standard InChI is InChI=1S/C34H47NO7S/c1-34(2)40-25-28-23-27(17-18-31(28)42-34)32-24-35(33(36)41-32)19-8-3-4-9-20-39-21-10-7-12-26-13-11-16-30(22-26)43(37,38)29-14-5-6-15-29/h11,13,16-18,22-23,29,32H,3-10,12,14-15,19-21,24-25H2,1-2H3/t32-/m0/s1. The van der Waals surface area contributed by atoms with Crippen LogP contribution >= 0.6 is 0 Å². The van der Waals surface area contributed by atoms with E-state index in [0.717, 1.165) is 106 Å². The fourth-order valence-electron chi connectivity index (χ4n) is 6.19. The molecule has 0 radical (unpaired) electrons. The molecular weight excluding hydrogens is 566 g/mol. The van der Waals surface area contributed by atoms with Crippen LogP contribution in [0.5, 0.6) is 5.75 Å². The smallest absolute Gasteiger partial charge is 0.410 e. The zero-order valence-corrected chi connectivity index (χ0v) is 26.5. The molecule has 1 atom stereocenters. The van der Waals surface area contributed by atoms with Crippen LogP contribution in [0.3, 0.4) is 0 Å². The third-order valence-electron chi connectivity index (χ3n) is 8.71. The minimum atomic E-state index is -3.20. The van der Waals surface area contributed by atoms with Gasteiger partial charge in [0.05, 0.1) is 23.3 Å². The van der Waals surface area contributed by atoms with Gasteiger partial charge in [-0.3, -0.25) is 0 Å². The molecular formula is C34H47NO7S. The molecule has 0 unspecified atom stereocenters. The maximum Gasteiger partial charge on any atom is 0.410 e. The van der Waals surface area contributed by atoms with Crippen LogP contribution in [0.4, 0.5) is 4.79 Å². The minimum Gasteiger partial charge on any atom is -0.463 e. The van der Waals surface area contributed by atoms with E-state index in [-0.39, 0.29) is 17.4 Å². The Morgan fingerprint density at radius 3 is 2.53 bits per heavy atom. The van der Waals surface area contributed by atoms with Gasteiger partial charge >= 0.3 is 6.09 Å². The molecule has 2 aromatic rings. The summed E-state index contributed by atoms with van der Waals surface area (Å²) in [5.41, 5.74) is 3.04. The zero-order valence-electron chi connectivity index (χ0n) is 25.7. The lowest BCUT2D eigenvalue weighted by molar-refractivity contribution is -0.180. The first kappa shape index (κ1) is 31.8. The second-order valence-corrected chi connectivity index (χ2v) is 14.8. The summed E-state index contributed by atoms with van der Waals surface area (Å²) in [7, 11) is -3.20. The fraction of sp³-hybridized carbons (Fsp3) is 0.618. The predicted octanol–water partition coefficient (Wildman–Crippen LogP) is 7.14. The molecule has 3 aliphatic rings. The zero-order chi connectivity index (χ0) is 30.3. The molecule has 43 heavy (non-hydrogen) atoms. The van der Waals surface area contributed by atoms with Crippen molar-refractivity contribution in [1.29, 1.82) is 0 Å². The van der Waals surface area contributed by atoms with E-state index in [1.54, 1.807) is 11.0 Å². The lowest BCUT2D eigenvalue weighted by Gasteiger charge is -2.32. The molecule has 0 bridgehead atoms. The number of cyclic esters (lactones) is 1. The molecule has 0 spiro atoms. The quantitative estimate of drug-likeness (QED) is 0.197. The number of carbonyl (C=O) groups is 1. The summed E-state index contributed by atoms with van der Waals surface area (Å²) < 4.78 is 48.9. The Kier molecular flexibility index (Phi) is 10.7. The highest BCUT2D eigenvalue weighted by Crippen LogP contribution is 2.35. The lowest BCUT2D eigenvalue weighted by Crippen LogP contribution is -2.35. The van der Waals surface area contributed by atoms with Gasteiger partial charge < -0.3 is 23.8 Å². The number of hydrogen-bond acceptors (Lipinski definition) is 7. The van der Waals surface area contributed by atoms with E-state index in [1.165, 1.54) is 0 Å². The van der Waals surface area contributed by atoms with Crippen LogP contribution in [0.1, 0.15) is 101 Å². The molecule has 2 heterocycles. The molecule has 2 aliphatic heterocycles. The number of ether oxygens (including phenoxy) is 4. The molecule has 1 saturated heterocycles. The number of nitrogens with zero attached hydrogens (tertiary/aromatic N) is 1. The number of sulfone groups is 1. The number of amides is 1. The Balaban J connectivity index is 0.907. The van der Waals surface area contributed by atoms with Crippen molar-refractivity contribution in [2.24, 2.45) is 0 Å². The molecule has 2 fully saturated rings. The van der Waals surface area contributed by atoms with E-state index in [2.05, 4.69) is 0 Å². The Bertz CT molecular complexity index is 1340. The highest BCUT2D eigenvalue weighted by molar-refractivity contribution is 7.92. The van der Waals surface area contributed by atoms with Crippen LogP contribution in [0, 0.1) is 0 Å². The third kappa shape index (κ3) is 8.52. The molecule has 2 aromatic carbocycles. The molecule has 5 rings (SSSR count). The summed E-state index contributed by atoms with van der Waals surface area (Å²) in [5.74, 6) is 0.189. The highest BCUT2D eigenvalue weighted by Gasteiger charge is 2.34. The molecule has 1 aliphatic carbocycles. The molecule has 1 amide bonds. The van der Waals surface area contributed by atoms with Crippen molar-refractivity contribution in [3.8, 4) is 5.75 Å². The summed E-state index contributed by atoms with van der Waals surface area (Å²) in [4.78, 5) is 14.7. The van der Waals surface area contributed by atoms with E-state index >= 15 is 0 Å². The average Bonchev–Trinajstić information content (AvgIpc) is 3.66. The first-order valence-corrected chi connectivity index (χ1v) is 17.6. The summed E-state index contributed by atoms with van der Waals surface area (Å²) in [6.07, 6.45) is 9.96. The number of aryl methyl sites for hydroxylation is 1. The van der Waals surface area contributed by atoms with E-state index in [0.29, 0.717) is 24.6 Å². The maximum absolute atomic E-state index is 12.9. The summed E-state index contributed by atoms with van der Waals surface area (Å²) in [6.45, 7) is 7.00. The number of hydrogen-bond donors (Lipinski definition) is 0. The van der Waals surface area contributed by atoms with E-state index < -0.39 is 15.6 Å². The molecule has 0 N–H and O–H groups in total. The minimum absolute atomic E-state index is 0.203. The topological polar surface area (TPSA) is 91.4 Å². The van der Waals surface area contributed by atoms with Crippen molar-refractivity contribution >= 4 is 15.9 Å². The Labute approximate surface area is 257 Å². The maximum atomic E-state index is 12.9. The number of benzene rings is 2. The van der Waals surface area contributed by atoms with Gasteiger partial charge in [-0.2, -0.15) is 0 Å². The number of rotatable bonds is 15. The SMILES string of the molecule is CC1(C)OCc2cc([C@@H]3CN(CCCCCCOCCCCc4cccc(S(=O)(=O)C5CCCC5)c4)C(=O)O3)ccc2O1. The van der Waals surface area contributed by atoms with Gasteiger partial charge in [0.2, 0.25) is 5.79 Å². The molecule has 8 nitrogen and oxygen atoms in total. The van der Waals surface area contributed by atoms with Gasteiger partial charge in [0.25, 0.3) is 0 Å². The average molecular weight is 614 g/mol. The number of fused-ring (bicyclic) bond motifs is 1. The molecule has 1 saturated carbocycles. The molecule has 236 valence electrons. The van der Waals surface area contributed by atoms with Gasteiger partial charge in [-0.05, 0) is 80.3 Å². The first-order chi connectivity index (χ1) is 20.7. The van der Waals surface area contributed by atoms with Gasteiger partial charge in [0, 0.05) is 39.2 Å². The van der Waals surface area contributed by atoms with Crippen LogP contribution in [-0.2, 0) is 37.1 Å². The van der Waals surface area contributed by atoms with Crippen molar-refractivity contribution in [3.63, 3.8) is 0 Å². The van der Waals surface area contributed by atoms with Gasteiger partial charge in [0.1, 0.15) is 11.9 Å².